The number of rotatable bonds is 11. The molecule has 0 aliphatic heterocycles. The molecule has 0 aromatic heterocycles. The van der Waals surface area contributed by atoms with Gasteiger partial charge in [-0.15, -0.1) is 0 Å². The van der Waals surface area contributed by atoms with Gasteiger partial charge in [0.05, 0.1) is 40.4 Å². The summed E-state index contributed by atoms with van der Waals surface area (Å²) in [5.41, 5.74) is 2.24. The molecule has 1 amide bonds. The number of ether oxygens (including phenoxy) is 1. The minimum atomic E-state index is -4.14. The Hall–Kier alpha value is -4.84. The van der Waals surface area contributed by atoms with Gasteiger partial charge >= 0.3 is 0 Å². The SMILES string of the molecule is COc1ccc(S(=O)(=O)N(Cc2ccccc2)c2ccccc2C(=O)Nc2ccc(S(=O)(=O)Nc3cccc(Cl)c3C)cc2)cc1. The van der Waals surface area contributed by atoms with Gasteiger partial charge in [-0.2, -0.15) is 0 Å². The van der Waals surface area contributed by atoms with E-state index in [1.54, 1.807) is 67.6 Å². The van der Waals surface area contributed by atoms with Crippen molar-refractivity contribution in [2.24, 2.45) is 0 Å². The van der Waals surface area contributed by atoms with Crippen LogP contribution in [-0.4, -0.2) is 29.9 Å². The minimum absolute atomic E-state index is 0.0232. The van der Waals surface area contributed by atoms with Crippen LogP contribution >= 0.6 is 11.6 Å². The maximum absolute atomic E-state index is 14.1. The topological polar surface area (TPSA) is 122 Å². The van der Waals surface area contributed by atoms with Gasteiger partial charge in [0.15, 0.2) is 0 Å². The molecule has 236 valence electrons. The van der Waals surface area contributed by atoms with Gasteiger partial charge in [0.25, 0.3) is 26.0 Å². The van der Waals surface area contributed by atoms with Crippen molar-refractivity contribution in [3.8, 4) is 5.75 Å². The quantitative estimate of drug-likeness (QED) is 0.154. The van der Waals surface area contributed by atoms with Gasteiger partial charge in [0.2, 0.25) is 0 Å². The van der Waals surface area contributed by atoms with Gasteiger partial charge < -0.3 is 10.1 Å². The number of nitrogens with one attached hydrogen (secondary N) is 2. The summed E-state index contributed by atoms with van der Waals surface area (Å²) in [6, 6.07) is 32.0. The van der Waals surface area contributed by atoms with Gasteiger partial charge in [-0.1, -0.05) is 60.1 Å². The van der Waals surface area contributed by atoms with Crippen LogP contribution in [0, 0.1) is 6.92 Å². The lowest BCUT2D eigenvalue weighted by Crippen LogP contribution is -2.32. The van der Waals surface area contributed by atoms with E-state index >= 15 is 0 Å². The first-order valence-electron chi connectivity index (χ1n) is 14.0. The van der Waals surface area contributed by atoms with Gasteiger partial charge in [-0.25, -0.2) is 16.8 Å². The van der Waals surface area contributed by atoms with Crippen molar-refractivity contribution >= 4 is 54.6 Å². The Bertz CT molecular complexity index is 2070. The van der Waals surface area contributed by atoms with Crippen molar-refractivity contribution in [3.05, 3.63) is 143 Å². The minimum Gasteiger partial charge on any atom is -0.497 e. The molecule has 12 heteroatoms. The molecule has 5 aromatic carbocycles. The van der Waals surface area contributed by atoms with Crippen LogP contribution in [0.2, 0.25) is 5.02 Å². The lowest BCUT2D eigenvalue weighted by Gasteiger charge is -2.26. The molecule has 0 radical (unpaired) electrons. The zero-order chi connectivity index (χ0) is 32.9. The Balaban J connectivity index is 1.43. The van der Waals surface area contributed by atoms with Gasteiger partial charge in [0.1, 0.15) is 5.75 Å². The number of benzene rings is 5. The summed E-state index contributed by atoms with van der Waals surface area (Å²) in [5.74, 6) is -0.0793. The summed E-state index contributed by atoms with van der Waals surface area (Å²) in [6.07, 6.45) is 0. The molecule has 5 aromatic rings. The van der Waals surface area contributed by atoms with Crippen molar-refractivity contribution < 1.29 is 26.4 Å². The average molecular weight is 676 g/mol. The summed E-state index contributed by atoms with van der Waals surface area (Å²) < 4.78 is 63.1. The number of carbonyl (C=O) groups is 1. The molecule has 0 atom stereocenters. The monoisotopic (exact) mass is 675 g/mol. The van der Waals surface area contributed by atoms with Crippen LogP contribution in [0.1, 0.15) is 21.5 Å². The van der Waals surface area contributed by atoms with Crippen molar-refractivity contribution in [2.75, 3.05) is 21.5 Å². The second kappa shape index (κ2) is 13.7. The number of carbonyl (C=O) groups excluding carboxylic acids is 1. The third-order valence-corrected chi connectivity index (χ3v) is 10.7. The zero-order valence-electron chi connectivity index (χ0n) is 24.8. The van der Waals surface area contributed by atoms with Gasteiger partial charge in [0, 0.05) is 10.7 Å². The normalized spacial score (nSPS) is 11.5. The third kappa shape index (κ3) is 7.17. The first-order valence-corrected chi connectivity index (χ1v) is 17.3. The third-order valence-electron chi connectivity index (χ3n) is 7.17. The van der Waals surface area contributed by atoms with E-state index in [0.717, 1.165) is 0 Å². The lowest BCUT2D eigenvalue weighted by atomic mass is 10.1. The van der Waals surface area contributed by atoms with E-state index in [0.29, 0.717) is 33.3 Å². The molecule has 5 rings (SSSR count). The number of sulfonamides is 2. The summed E-state index contributed by atoms with van der Waals surface area (Å²) >= 11 is 6.13. The van der Waals surface area contributed by atoms with Crippen LogP contribution in [0.25, 0.3) is 0 Å². The largest absolute Gasteiger partial charge is 0.497 e. The van der Waals surface area contributed by atoms with Crippen molar-refractivity contribution in [3.63, 3.8) is 0 Å². The molecule has 9 nitrogen and oxygen atoms in total. The zero-order valence-corrected chi connectivity index (χ0v) is 27.2. The standard InChI is InChI=1S/C34H30ClN3O6S2/c1-24-31(35)12-8-13-32(24)37-45(40,41)28-19-15-26(16-20-28)36-34(39)30-11-6-7-14-33(30)38(23-25-9-4-3-5-10-25)46(42,43)29-21-17-27(44-2)18-22-29/h3-22,37H,23H2,1-2H3,(H,36,39). The van der Waals surface area contributed by atoms with Crippen LogP contribution in [0.4, 0.5) is 17.1 Å². The average Bonchev–Trinajstić information content (AvgIpc) is 3.06. The first-order chi connectivity index (χ1) is 22.0. The number of para-hydroxylation sites is 1. The molecule has 0 saturated carbocycles. The first kappa shape index (κ1) is 32.6. The highest BCUT2D eigenvalue weighted by molar-refractivity contribution is 7.93. The molecule has 0 spiro atoms. The number of methoxy groups -OCH3 is 1. The van der Waals surface area contributed by atoms with E-state index < -0.39 is 26.0 Å². The molecule has 0 fully saturated rings. The second-order valence-corrected chi connectivity index (χ2v) is 14.1. The Labute approximate surface area is 273 Å². The van der Waals surface area contributed by atoms with Crippen LogP contribution in [0.5, 0.6) is 5.75 Å². The summed E-state index contributed by atoms with van der Waals surface area (Å²) in [6.45, 7) is 1.67. The number of hydrogen-bond donors (Lipinski definition) is 2. The maximum atomic E-state index is 14.1. The molecular formula is C34H30ClN3O6S2. The molecular weight excluding hydrogens is 646 g/mol. The molecule has 0 saturated heterocycles. The van der Waals surface area contributed by atoms with Crippen LogP contribution < -0.4 is 19.1 Å². The number of nitrogens with zero attached hydrogens (tertiary/aromatic N) is 1. The Morgan fingerprint density at radius 2 is 1.39 bits per heavy atom. The van der Waals surface area contributed by atoms with Crippen molar-refractivity contribution in [1.82, 2.24) is 0 Å². The molecule has 0 unspecified atom stereocenters. The van der Waals surface area contributed by atoms with Gasteiger partial charge in [-0.05, 0) is 90.8 Å². The van der Waals surface area contributed by atoms with Crippen molar-refractivity contribution in [2.45, 2.75) is 23.3 Å². The Kier molecular flexibility index (Phi) is 9.66. The highest BCUT2D eigenvalue weighted by Gasteiger charge is 2.29. The Morgan fingerprint density at radius 1 is 0.761 bits per heavy atom. The smallest absolute Gasteiger partial charge is 0.264 e. The van der Waals surface area contributed by atoms with E-state index in [1.165, 1.54) is 53.9 Å². The molecule has 2 N–H and O–H groups in total. The van der Waals surface area contributed by atoms with Crippen LogP contribution in [-0.2, 0) is 26.6 Å². The predicted molar refractivity (Wildman–Crippen MR) is 181 cm³/mol. The highest BCUT2D eigenvalue weighted by atomic mass is 35.5. The summed E-state index contributed by atoms with van der Waals surface area (Å²) in [5, 5.41) is 3.19. The molecule has 0 bridgehead atoms. The fraction of sp³-hybridized carbons (Fsp3) is 0.0882. The maximum Gasteiger partial charge on any atom is 0.264 e. The molecule has 0 aliphatic carbocycles. The number of amides is 1. The summed E-state index contributed by atoms with van der Waals surface area (Å²) in [4.78, 5) is 13.6. The van der Waals surface area contributed by atoms with E-state index in [2.05, 4.69) is 10.0 Å². The number of hydrogen-bond acceptors (Lipinski definition) is 6. The fourth-order valence-electron chi connectivity index (χ4n) is 4.64. The molecule has 46 heavy (non-hydrogen) atoms. The van der Waals surface area contributed by atoms with E-state index in [4.69, 9.17) is 16.3 Å². The number of anilines is 3. The Morgan fingerprint density at radius 3 is 2.07 bits per heavy atom. The van der Waals surface area contributed by atoms with E-state index in [1.807, 2.05) is 18.2 Å². The molecule has 0 heterocycles. The highest BCUT2D eigenvalue weighted by Crippen LogP contribution is 2.31. The predicted octanol–water partition coefficient (Wildman–Crippen LogP) is 7.11. The van der Waals surface area contributed by atoms with Crippen LogP contribution in [0.3, 0.4) is 0 Å². The fourth-order valence-corrected chi connectivity index (χ4v) is 7.41. The number of halogens is 1. The van der Waals surface area contributed by atoms with Crippen LogP contribution in [0.15, 0.2) is 131 Å². The van der Waals surface area contributed by atoms with Crippen molar-refractivity contribution in [1.29, 1.82) is 0 Å². The van der Waals surface area contributed by atoms with Gasteiger partial charge in [-0.3, -0.25) is 13.8 Å². The summed E-state index contributed by atoms with van der Waals surface area (Å²) in [7, 11) is -6.60. The molecule has 0 aliphatic rings. The second-order valence-electron chi connectivity index (χ2n) is 10.2. The van der Waals surface area contributed by atoms with E-state index in [-0.39, 0.29) is 27.6 Å². The lowest BCUT2D eigenvalue weighted by molar-refractivity contribution is 0.102. The van der Waals surface area contributed by atoms with E-state index in [9.17, 15) is 21.6 Å².